The second-order valence-corrected chi connectivity index (χ2v) is 10.8. The van der Waals surface area contributed by atoms with Gasteiger partial charge in [-0.05, 0) is 48.1 Å². The maximum absolute atomic E-state index is 14.0. The van der Waals surface area contributed by atoms with Gasteiger partial charge in [-0.2, -0.15) is 0 Å². The smallest absolute Gasteiger partial charge is 0.322 e. The zero-order valence-corrected chi connectivity index (χ0v) is 22.6. The van der Waals surface area contributed by atoms with Gasteiger partial charge in [-0.1, -0.05) is 60.1 Å². The van der Waals surface area contributed by atoms with Crippen molar-refractivity contribution in [3.8, 4) is 0 Å². The summed E-state index contributed by atoms with van der Waals surface area (Å²) in [5, 5.41) is 8.62. The topological polar surface area (TPSA) is 81.8 Å². The number of benzene rings is 2. The third-order valence-electron chi connectivity index (χ3n) is 6.97. The number of carbonyl (C=O) groups excluding carboxylic acids is 3. The third kappa shape index (κ3) is 5.33. The van der Waals surface area contributed by atoms with Gasteiger partial charge in [0.15, 0.2) is 0 Å². The molecule has 0 bridgehead atoms. The molecule has 2 N–H and O–H groups in total. The number of rotatable bonds is 9. The minimum absolute atomic E-state index is 0.190. The highest BCUT2D eigenvalue weighted by molar-refractivity contribution is 7.09. The van der Waals surface area contributed by atoms with Gasteiger partial charge in [0, 0.05) is 29.4 Å². The second kappa shape index (κ2) is 11.4. The van der Waals surface area contributed by atoms with Crippen LogP contribution in [0, 0.1) is 0 Å². The first-order chi connectivity index (χ1) is 18.5. The minimum atomic E-state index is -0.724. The molecule has 3 heterocycles. The highest BCUT2D eigenvalue weighted by Crippen LogP contribution is 2.37. The van der Waals surface area contributed by atoms with E-state index in [0.29, 0.717) is 35.8 Å². The normalized spacial score (nSPS) is 17.9. The van der Waals surface area contributed by atoms with Crippen LogP contribution in [0.1, 0.15) is 29.0 Å². The van der Waals surface area contributed by atoms with E-state index >= 15 is 0 Å². The van der Waals surface area contributed by atoms with E-state index in [2.05, 4.69) is 10.6 Å². The highest BCUT2D eigenvalue weighted by atomic mass is 35.5. The predicted octanol–water partition coefficient (Wildman–Crippen LogP) is 4.55. The van der Waals surface area contributed by atoms with Crippen LogP contribution in [0.2, 0.25) is 5.02 Å². The van der Waals surface area contributed by atoms with E-state index in [1.807, 2.05) is 66.9 Å². The van der Waals surface area contributed by atoms with Gasteiger partial charge in [-0.15, -0.1) is 11.3 Å². The van der Waals surface area contributed by atoms with Crippen LogP contribution >= 0.6 is 22.9 Å². The molecular formula is C29H29ClN4O3S. The molecule has 0 saturated carbocycles. The lowest BCUT2D eigenvalue weighted by molar-refractivity contribution is -0.136. The molecule has 2 atom stereocenters. The maximum Gasteiger partial charge on any atom is 0.322 e. The summed E-state index contributed by atoms with van der Waals surface area (Å²) < 4.78 is 0. The first-order valence-corrected chi connectivity index (χ1v) is 13.9. The molecule has 0 spiro atoms. The quantitative estimate of drug-likeness (QED) is 0.411. The van der Waals surface area contributed by atoms with Crippen LogP contribution in [0.25, 0.3) is 0 Å². The average Bonchev–Trinajstić information content (AvgIpc) is 3.56. The summed E-state index contributed by atoms with van der Waals surface area (Å²) >= 11 is 7.74. The van der Waals surface area contributed by atoms with Gasteiger partial charge in [0.05, 0.1) is 23.9 Å². The molecule has 3 aromatic rings. The van der Waals surface area contributed by atoms with Crippen molar-refractivity contribution in [2.75, 3.05) is 19.6 Å². The predicted molar refractivity (Wildman–Crippen MR) is 149 cm³/mol. The molecule has 0 saturated heterocycles. The summed E-state index contributed by atoms with van der Waals surface area (Å²) in [7, 11) is 0. The fraction of sp³-hybridized carbons (Fsp3) is 0.276. The Bertz CT molecular complexity index is 1340. The molecule has 9 heteroatoms. The largest absolute Gasteiger partial charge is 0.354 e. The number of thiophene rings is 1. The van der Waals surface area contributed by atoms with Crippen LogP contribution in [-0.4, -0.2) is 53.3 Å². The number of carbonyl (C=O) groups is 3. The van der Waals surface area contributed by atoms with Crippen LogP contribution < -0.4 is 10.6 Å². The summed E-state index contributed by atoms with van der Waals surface area (Å²) in [5.41, 5.74) is 2.87. The molecule has 2 aromatic carbocycles. The van der Waals surface area contributed by atoms with Gasteiger partial charge in [0.1, 0.15) is 6.04 Å². The molecule has 7 nitrogen and oxygen atoms in total. The number of urea groups is 1. The lowest BCUT2D eigenvalue weighted by Gasteiger charge is -2.32. The summed E-state index contributed by atoms with van der Waals surface area (Å²) in [6, 6.07) is 19.2. The molecule has 4 amide bonds. The van der Waals surface area contributed by atoms with E-state index in [4.69, 9.17) is 11.6 Å². The SMILES string of the molecule is CCN1C(=O)N[C@@H](c2ccc(Cl)cc2)C2=C1CN([C@@H](Cc1ccccc1)C(=O)NCCc1cccs1)C2=O. The molecule has 196 valence electrons. The molecule has 2 aliphatic rings. The van der Waals surface area contributed by atoms with Gasteiger partial charge < -0.3 is 15.5 Å². The van der Waals surface area contributed by atoms with Gasteiger partial charge in [0.2, 0.25) is 5.91 Å². The van der Waals surface area contributed by atoms with Crippen LogP contribution in [-0.2, 0) is 22.4 Å². The summed E-state index contributed by atoms with van der Waals surface area (Å²) in [5.74, 6) is -0.447. The Morgan fingerprint density at radius 3 is 2.55 bits per heavy atom. The lowest BCUT2D eigenvalue weighted by atomic mass is 9.95. The maximum atomic E-state index is 14.0. The molecule has 0 fully saturated rings. The molecular weight excluding hydrogens is 520 g/mol. The van der Waals surface area contributed by atoms with Crippen LogP contribution in [0.3, 0.4) is 0 Å². The first kappa shape index (κ1) is 26.0. The number of nitrogens with zero attached hydrogens (tertiary/aromatic N) is 2. The Kier molecular flexibility index (Phi) is 7.81. The second-order valence-electron chi connectivity index (χ2n) is 9.30. The highest BCUT2D eigenvalue weighted by Gasteiger charge is 2.46. The van der Waals surface area contributed by atoms with Crippen LogP contribution in [0.4, 0.5) is 4.79 Å². The monoisotopic (exact) mass is 548 g/mol. The van der Waals surface area contributed by atoms with Crippen molar-refractivity contribution in [3.63, 3.8) is 0 Å². The Hall–Kier alpha value is -3.62. The van der Waals surface area contributed by atoms with Crippen molar-refractivity contribution in [1.82, 2.24) is 20.4 Å². The average molecular weight is 549 g/mol. The Morgan fingerprint density at radius 2 is 1.87 bits per heavy atom. The standard InChI is InChI=1S/C29H29ClN4O3S/c1-2-33-24-18-34(28(36)25(24)26(32-29(33)37)20-10-12-21(30)13-11-20)23(17-19-7-4-3-5-8-19)27(35)31-15-14-22-9-6-16-38-22/h3-13,16,23,26H,2,14-15,17-18H2,1H3,(H,31,35)(H,32,37)/t23-,26-/m0/s1. The molecule has 38 heavy (non-hydrogen) atoms. The summed E-state index contributed by atoms with van der Waals surface area (Å²) in [4.78, 5) is 45.1. The summed E-state index contributed by atoms with van der Waals surface area (Å²) in [6.07, 6.45) is 1.10. The first-order valence-electron chi connectivity index (χ1n) is 12.7. The fourth-order valence-corrected chi connectivity index (χ4v) is 5.90. The Labute approximate surface area is 231 Å². The van der Waals surface area contributed by atoms with E-state index in [9.17, 15) is 14.4 Å². The number of hydrogen-bond acceptors (Lipinski definition) is 4. The van der Waals surface area contributed by atoms with Crippen molar-refractivity contribution in [2.24, 2.45) is 0 Å². The van der Waals surface area contributed by atoms with E-state index in [1.165, 1.54) is 4.88 Å². The molecule has 2 aliphatic heterocycles. The Balaban J connectivity index is 1.44. The summed E-state index contributed by atoms with van der Waals surface area (Å²) in [6.45, 7) is 2.96. The number of amides is 4. The minimum Gasteiger partial charge on any atom is -0.354 e. The molecule has 0 aliphatic carbocycles. The number of halogens is 1. The van der Waals surface area contributed by atoms with E-state index < -0.39 is 12.1 Å². The van der Waals surface area contributed by atoms with Crippen molar-refractivity contribution in [1.29, 1.82) is 0 Å². The van der Waals surface area contributed by atoms with Gasteiger partial charge in [0.25, 0.3) is 5.91 Å². The number of nitrogens with one attached hydrogen (secondary N) is 2. The number of hydrogen-bond donors (Lipinski definition) is 2. The van der Waals surface area contributed by atoms with Crippen molar-refractivity contribution in [2.45, 2.75) is 31.8 Å². The molecule has 5 rings (SSSR count). The van der Waals surface area contributed by atoms with Crippen LogP contribution in [0.5, 0.6) is 0 Å². The molecule has 0 radical (unpaired) electrons. The lowest BCUT2D eigenvalue weighted by Crippen LogP contribution is -2.50. The van der Waals surface area contributed by atoms with Gasteiger partial charge in [-0.3, -0.25) is 14.5 Å². The Morgan fingerprint density at radius 1 is 1.11 bits per heavy atom. The van der Waals surface area contributed by atoms with Crippen molar-refractivity contribution in [3.05, 3.63) is 104 Å². The zero-order valence-electron chi connectivity index (χ0n) is 21.0. The number of likely N-dealkylation sites (N-methyl/N-ethyl adjacent to an activating group) is 1. The van der Waals surface area contributed by atoms with Gasteiger partial charge in [-0.25, -0.2) is 4.79 Å². The van der Waals surface area contributed by atoms with E-state index in [-0.39, 0.29) is 24.4 Å². The van der Waals surface area contributed by atoms with Gasteiger partial charge >= 0.3 is 6.03 Å². The van der Waals surface area contributed by atoms with E-state index in [0.717, 1.165) is 17.5 Å². The molecule has 1 aromatic heterocycles. The third-order valence-corrected chi connectivity index (χ3v) is 8.16. The van der Waals surface area contributed by atoms with Crippen molar-refractivity contribution < 1.29 is 14.4 Å². The zero-order chi connectivity index (χ0) is 26.6. The fourth-order valence-electron chi connectivity index (χ4n) is 5.07. The van der Waals surface area contributed by atoms with Crippen molar-refractivity contribution >= 4 is 40.8 Å². The van der Waals surface area contributed by atoms with E-state index in [1.54, 1.807) is 33.3 Å². The molecule has 0 unspecified atom stereocenters. The van der Waals surface area contributed by atoms with Crippen LogP contribution in [0.15, 0.2) is 83.4 Å².